The fourth-order valence-corrected chi connectivity index (χ4v) is 1.95. The van der Waals surface area contributed by atoms with Gasteiger partial charge in [0.25, 0.3) is 0 Å². The molecule has 1 N–H and O–H groups in total. The van der Waals surface area contributed by atoms with Crippen molar-refractivity contribution < 1.29 is 9.90 Å². The van der Waals surface area contributed by atoms with E-state index in [0.717, 1.165) is 29.1 Å². The van der Waals surface area contributed by atoms with Crippen LogP contribution in [0.25, 0.3) is 0 Å². The fraction of sp³-hybridized carbons (Fsp3) is 0.333. The molecule has 4 heteroatoms. The summed E-state index contributed by atoms with van der Waals surface area (Å²) in [7, 11) is 0. The molecule has 2 aromatic rings. The molecule has 2 rings (SSSR count). The first-order chi connectivity index (χ1) is 8.99. The predicted octanol–water partition coefficient (Wildman–Crippen LogP) is 2.74. The molecular formula is C15H18N2O2. The minimum absolute atomic E-state index is 0.466. The van der Waals surface area contributed by atoms with Gasteiger partial charge in [0.15, 0.2) is 0 Å². The largest absolute Gasteiger partial charge is 0.481 e. The molecule has 0 saturated heterocycles. The molecule has 0 spiro atoms. The van der Waals surface area contributed by atoms with Gasteiger partial charge in [0.1, 0.15) is 0 Å². The van der Waals surface area contributed by atoms with Crippen LogP contribution in [0.15, 0.2) is 30.6 Å². The highest BCUT2D eigenvalue weighted by Gasteiger charge is 2.13. The van der Waals surface area contributed by atoms with Crippen LogP contribution in [0.5, 0.6) is 0 Å². The van der Waals surface area contributed by atoms with Gasteiger partial charge in [0.05, 0.1) is 17.9 Å². The number of hydrogen-bond donors (Lipinski definition) is 1. The van der Waals surface area contributed by atoms with Gasteiger partial charge in [0.2, 0.25) is 0 Å². The monoisotopic (exact) mass is 258 g/mol. The van der Waals surface area contributed by atoms with E-state index < -0.39 is 11.9 Å². The van der Waals surface area contributed by atoms with Gasteiger partial charge < -0.3 is 9.67 Å². The van der Waals surface area contributed by atoms with E-state index in [0.29, 0.717) is 0 Å². The number of aromatic nitrogens is 2. The van der Waals surface area contributed by atoms with E-state index >= 15 is 0 Å². The Bertz CT molecular complexity index is 585. The molecule has 0 aliphatic carbocycles. The van der Waals surface area contributed by atoms with Gasteiger partial charge >= 0.3 is 5.97 Å². The molecule has 1 atom stereocenters. The van der Waals surface area contributed by atoms with Crippen molar-refractivity contribution in [2.24, 2.45) is 0 Å². The van der Waals surface area contributed by atoms with Crippen LogP contribution in [0.1, 0.15) is 35.4 Å². The van der Waals surface area contributed by atoms with Gasteiger partial charge in [-0.1, -0.05) is 24.3 Å². The normalized spacial score (nSPS) is 12.4. The highest BCUT2D eigenvalue weighted by Crippen LogP contribution is 2.17. The number of nitrogens with zero attached hydrogens (tertiary/aromatic N) is 2. The van der Waals surface area contributed by atoms with Gasteiger partial charge in [-0.3, -0.25) is 4.79 Å². The van der Waals surface area contributed by atoms with Crippen molar-refractivity contribution in [2.75, 3.05) is 0 Å². The predicted molar refractivity (Wildman–Crippen MR) is 73.3 cm³/mol. The van der Waals surface area contributed by atoms with Crippen LogP contribution >= 0.6 is 0 Å². The van der Waals surface area contributed by atoms with Gasteiger partial charge in [0, 0.05) is 12.2 Å². The Morgan fingerprint density at radius 1 is 1.32 bits per heavy atom. The summed E-state index contributed by atoms with van der Waals surface area (Å²) >= 11 is 0. The molecule has 1 aromatic heterocycles. The van der Waals surface area contributed by atoms with E-state index in [1.54, 1.807) is 6.92 Å². The summed E-state index contributed by atoms with van der Waals surface area (Å²) in [5, 5.41) is 8.97. The lowest BCUT2D eigenvalue weighted by molar-refractivity contribution is -0.138. The van der Waals surface area contributed by atoms with Gasteiger partial charge in [-0.15, -0.1) is 0 Å². The Labute approximate surface area is 112 Å². The second kappa shape index (κ2) is 5.26. The summed E-state index contributed by atoms with van der Waals surface area (Å²) in [6, 6.07) is 7.72. The lowest BCUT2D eigenvalue weighted by Gasteiger charge is -2.09. The molecule has 19 heavy (non-hydrogen) atoms. The summed E-state index contributed by atoms with van der Waals surface area (Å²) in [6.45, 7) is 6.49. The number of carboxylic acids is 1. The number of aryl methyl sites for hydroxylation is 1. The second-order valence-electron chi connectivity index (χ2n) is 4.84. The molecule has 100 valence electrons. The Morgan fingerprint density at radius 3 is 2.42 bits per heavy atom. The number of hydrogen-bond acceptors (Lipinski definition) is 2. The smallest absolute Gasteiger partial charge is 0.310 e. The molecule has 1 aromatic carbocycles. The van der Waals surface area contributed by atoms with Crippen molar-refractivity contribution in [1.29, 1.82) is 0 Å². The molecule has 0 bridgehead atoms. The molecule has 0 aliphatic rings. The van der Waals surface area contributed by atoms with Crippen molar-refractivity contribution in [3.63, 3.8) is 0 Å². The van der Waals surface area contributed by atoms with Crippen molar-refractivity contribution in [3.05, 3.63) is 53.1 Å². The molecule has 1 unspecified atom stereocenters. The average Bonchev–Trinajstić information content (AvgIpc) is 2.71. The number of imidazole rings is 1. The van der Waals surface area contributed by atoms with E-state index in [9.17, 15) is 4.79 Å². The molecule has 0 saturated carbocycles. The van der Waals surface area contributed by atoms with Crippen LogP contribution in [0.3, 0.4) is 0 Å². The molecule has 0 radical (unpaired) electrons. The maximum atomic E-state index is 10.9. The molecule has 0 amide bonds. The first-order valence-electron chi connectivity index (χ1n) is 6.29. The summed E-state index contributed by atoms with van der Waals surface area (Å²) in [5.41, 5.74) is 4.16. The third-order valence-corrected chi connectivity index (χ3v) is 3.55. The highest BCUT2D eigenvalue weighted by atomic mass is 16.4. The summed E-state index contributed by atoms with van der Waals surface area (Å²) in [6.07, 6.45) is 1.83. The Kier molecular flexibility index (Phi) is 3.69. The highest BCUT2D eigenvalue weighted by molar-refractivity contribution is 5.75. The zero-order valence-electron chi connectivity index (χ0n) is 11.4. The number of carbonyl (C=O) groups is 1. The maximum Gasteiger partial charge on any atom is 0.310 e. The van der Waals surface area contributed by atoms with Gasteiger partial charge in [-0.2, -0.15) is 0 Å². The van der Waals surface area contributed by atoms with E-state index in [-0.39, 0.29) is 0 Å². The second-order valence-corrected chi connectivity index (χ2v) is 4.84. The van der Waals surface area contributed by atoms with Crippen LogP contribution in [-0.4, -0.2) is 20.6 Å². The average molecular weight is 258 g/mol. The van der Waals surface area contributed by atoms with E-state index in [4.69, 9.17) is 5.11 Å². The number of carboxylic acid groups (broad SMARTS) is 1. The Balaban J connectivity index is 2.15. The van der Waals surface area contributed by atoms with E-state index in [1.165, 1.54) is 0 Å². The first kappa shape index (κ1) is 13.3. The van der Waals surface area contributed by atoms with Crippen LogP contribution in [0.4, 0.5) is 0 Å². The fourth-order valence-electron chi connectivity index (χ4n) is 1.95. The lowest BCUT2D eigenvalue weighted by Crippen LogP contribution is -2.07. The molecule has 0 aliphatic heterocycles. The summed E-state index contributed by atoms with van der Waals surface area (Å²) in [5.74, 6) is -1.26. The zero-order chi connectivity index (χ0) is 14.0. The Hall–Kier alpha value is -2.10. The van der Waals surface area contributed by atoms with Crippen LogP contribution < -0.4 is 0 Å². The third-order valence-electron chi connectivity index (χ3n) is 3.55. The topological polar surface area (TPSA) is 55.1 Å². The van der Waals surface area contributed by atoms with Crippen molar-refractivity contribution in [3.8, 4) is 0 Å². The van der Waals surface area contributed by atoms with Crippen molar-refractivity contribution in [1.82, 2.24) is 9.55 Å². The number of benzene rings is 1. The van der Waals surface area contributed by atoms with E-state index in [2.05, 4.69) is 9.55 Å². The quantitative estimate of drug-likeness (QED) is 0.917. The van der Waals surface area contributed by atoms with Crippen molar-refractivity contribution >= 4 is 5.97 Å². The van der Waals surface area contributed by atoms with Gasteiger partial charge in [-0.25, -0.2) is 4.98 Å². The summed E-state index contributed by atoms with van der Waals surface area (Å²) < 4.78 is 2.09. The SMILES string of the molecule is Cc1ncn(Cc2ccc(C(C)C(=O)O)cc2)c1C. The first-order valence-corrected chi connectivity index (χ1v) is 6.29. The number of rotatable bonds is 4. The molecule has 1 heterocycles. The zero-order valence-corrected chi connectivity index (χ0v) is 11.4. The maximum absolute atomic E-state index is 10.9. The molecular weight excluding hydrogens is 240 g/mol. The van der Waals surface area contributed by atoms with Crippen molar-refractivity contribution in [2.45, 2.75) is 33.2 Å². The minimum atomic E-state index is -0.797. The molecule has 4 nitrogen and oxygen atoms in total. The summed E-state index contributed by atoms with van der Waals surface area (Å²) in [4.78, 5) is 15.2. The van der Waals surface area contributed by atoms with Crippen LogP contribution in [0.2, 0.25) is 0 Å². The Morgan fingerprint density at radius 2 is 1.95 bits per heavy atom. The van der Waals surface area contributed by atoms with Gasteiger partial charge in [-0.05, 0) is 31.9 Å². The lowest BCUT2D eigenvalue weighted by atomic mass is 10.00. The number of aliphatic carboxylic acids is 1. The van der Waals surface area contributed by atoms with Crippen LogP contribution in [-0.2, 0) is 11.3 Å². The van der Waals surface area contributed by atoms with Crippen LogP contribution in [0, 0.1) is 13.8 Å². The minimum Gasteiger partial charge on any atom is -0.481 e. The standard InChI is InChI=1S/C15H18N2O2/c1-10(15(18)19)14-6-4-13(5-7-14)8-17-9-16-11(2)12(17)3/h4-7,9-10H,8H2,1-3H3,(H,18,19). The molecule has 0 fully saturated rings. The third kappa shape index (κ3) is 2.84. The van der Waals surface area contributed by atoms with E-state index in [1.807, 2.05) is 44.4 Å².